The minimum absolute atomic E-state index is 0.465. The summed E-state index contributed by atoms with van der Waals surface area (Å²) in [5.74, 6) is 0. The highest BCUT2D eigenvalue weighted by molar-refractivity contribution is 6.31. The van der Waals surface area contributed by atoms with E-state index in [0.717, 1.165) is 33.1 Å². The van der Waals surface area contributed by atoms with Crippen LogP contribution in [0.3, 0.4) is 0 Å². The molecule has 0 saturated heterocycles. The van der Waals surface area contributed by atoms with Crippen molar-refractivity contribution in [2.24, 2.45) is 0 Å². The summed E-state index contributed by atoms with van der Waals surface area (Å²) in [6.07, 6.45) is 2.63. The van der Waals surface area contributed by atoms with Crippen LogP contribution in [-0.2, 0) is 0 Å². The summed E-state index contributed by atoms with van der Waals surface area (Å²) in [6, 6.07) is 13.0. The predicted octanol–water partition coefficient (Wildman–Crippen LogP) is 4.85. The fourth-order valence-corrected chi connectivity index (χ4v) is 2.47. The number of nitrogens with zero attached hydrogens (tertiary/aromatic N) is 1. The van der Waals surface area contributed by atoms with E-state index in [0.29, 0.717) is 10.7 Å². The molecule has 2 heterocycles. The number of hydrogen-bond acceptors (Lipinski definition) is 2. The van der Waals surface area contributed by atoms with Crippen LogP contribution in [0.5, 0.6) is 0 Å². The number of carbonyl (C=O) groups excluding carboxylic acids is 1. The predicted molar refractivity (Wildman–Crippen MR) is 89.8 cm³/mol. The van der Waals surface area contributed by atoms with Gasteiger partial charge in [0.15, 0.2) is 6.29 Å². The number of fused-ring (bicyclic) bond motifs is 2. The van der Waals surface area contributed by atoms with E-state index >= 15 is 0 Å². The molecule has 0 atom stereocenters. The van der Waals surface area contributed by atoms with Crippen molar-refractivity contribution >= 4 is 51.3 Å². The van der Waals surface area contributed by atoms with Crippen molar-refractivity contribution in [1.29, 1.82) is 0 Å². The van der Waals surface area contributed by atoms with Crippen LogP contribution in [0.2, 0.25) is 10.0 Å². The van der Waals surface area contributed by atoms with Gasteiger partial charge in [-0.15, -0.1) is 0 Å². The minimum atomic E-state index is 0.465. The van der Waals surface area contributed by atoms with Crippen LogP contribution in [0.1, 0.15) is 10.5 Å². The molecule has 2 N–H and O–H groups in total. The quantitative estimate of drug-likeness (QED) is 0.490. The van der Waals surface area contributed by atoms with Gasteiger partial charge in [-0.3, -0.25) is 9.89 Å². The molecule has 0 saturated carbocycles. The molecular formula is C16H11Cl2N3O. The van der Waals surface area contributed by atoms with Gasteiger partial charge < -0.3 is 4.98 Å². The maximum Gasteiger partial charge on any atom is 0.168 e. The highest BCUT2D eigenvalue weighted by Crippen LogP contribution is 2.19. The molecule has 0 radical (unpaired) electrons. The average Bonchev–Trinajstić information content (AvgIpc) is 3.13. The Morgan fingerprint density at radius 3 is 2.59 bits per heavy atom. The number of H-pyrrole nitrogens is 2. The second-order valence-electron chi connectivity index (χ2n) is 4.63. The van der Waals surface area contributed by atoms with E-state index in [1.54, 1.807) is 18.2 Å². The van der Waals surface area contributed by atoms with Crippen molar-refractivity contribution in [3.63, 3.8) is 0 Å². The lowest BCUT2D eigenvalue weighted by Crippen LogP contribution is -1.78. The number of rotatable bonds is 1. The van der Waals surface area contributed by atoms with Crippen molar-refractivity contribution in [3.8, 4) is 0 Å². The summed E-state index contributed by atoms with van der Waals surface area (Å²) in [5, 5.41) is 9.84. The molecule has 0 unspecified atom stereocenters. The van der Waals surface area contributed by atoms with E-state index in [9.17, 15) is 4.79 Å². The van der Waals surface area contributed by atoms with Gasteiger partial charge in [0.1, 0.15) is 5.69 Å². The molecule has 4 rings (SSSR count). The van der Waals surface area contributed by atoms with Gasteiger partial charge >= 0.3 is 0 Å². The van der Waals surface area contributed by atoms with Crippen LogP contribution >= 0.6 is 23.2 Å². The largest absolute Gasteiger partial charge is 0.361 e. The Bertz CT molecular complexity index is 943. The third-order valence-electron chi connectivity index (χ3n) is 3.18. The van der Waals surface area contributed by atoms with Gasteiger partial charge in [-0.05, 0) is 42.5 Å². The zero-order valence-corrected chi connectivity index (χ0v) is 12.8. The van der Waals surface area contributed by atoms with Gasteiger partial charge in [-0.25, -0.2) is 0 Å². The Morgan fingerprint density at radius 2 is 1.77 bits per heavy atom. The first-order chi connectivity index (χ1) is 10.7. The van der Waals surface area contributed by atoms with Crippen LogP contribution in [0.25, 0.3) is 21.8 Å². The molecule has 0 aliphatic rings. The molecule has 110 valence electrons. The monoisotopic (exact) mass is 331 g/mol. The first-order valence-electron chi connectivity index (χ1n) is 6.49. The highest BCUT2D eigenvalue weighted by Gasteiger charge is 2.03. The van der Waals surface area contributed by atoms with Gasteiger partial charge in [0.2, 0.25) is 0 Å². The zero-order chi connectivity index (χ0) is 15.5. The van der Waals surface area contributed by atoms with Crippen molar-refractivity contribution in [1.82, 2.24) is 15.2 Å². The molecule has 0 amide bonds. The highest BCUT2D eigenvalue weighted by atomic mass is 35.5. The van der Waals surface area contributed by atoms with Crippen molar-refractivity contribution in [2.45, 2.75) is 0 Å². The van der Waals surface area contributed by atoms with Gasteiger partial charge in [-0.1, -0.05) is 23.2 Å². The van der Waals surface area contributed by atoms with Gasteiger partial charge in [0, 0.05) is 32.5 Å². The molecule has 4 aromatic rings. The van der Waals surface area contributed by atoms with Crippen LogP contribution in [-0.4, -0.2) is 21.5 Å². The van der Waals surface area contributed by atoms with Crippen LogP contribution in [0.15, 0.2) is 48.7 Å². The summed E-state index contributed by atoms with van der Waals surface area (Å²) < 4.78 is 0. The Labute approximate surface area is 136 Å². The Morgan fingerprint density at radius 1 is 1.00 bits per heavy atom. The SMILES string of the molecule is Clc1ccc2[nH]ccc2c1.O=Cc1[nH]nc2ccc(Cl)cc12. The number of carbonyl (C=O) groups is 1. The zero-order valence-electron chi connectivity index (χ0n) is 11.3. The molecule has 0 aliphatic heterocycles. The number of nitrogens with one attached hydrogen (secondary N) is 2. The Kier molecular flexibility index (Phi) is 4.13. The molecule has 22 heavy (non-hydrogen) atoms. The summed E-state index contributed by atoms with van der Waals surface area (Å²) in [5.41, 5.74) is 2.35. The van der Waals surface area contributed by atoms with Crippen LogP contribution in [0, 0.1) is 0 Å². The third kappa shape index (κ3) is 2.98. The summed E-state index contributed by atoms with van der Waals surface area (Å²) in [7, 11) is 0. The van der Waals surface area contributed by atoms with Crippen LogP contribution in [0.4, 0.5) is 0 Å². The number of hydrogen-bond donors (Lipinski definition) is 2. The van der Waals surface area contributed by atoms with E-state index < -0.39 is 0 Å². The number of aromatic nitrogens is 3. The lowest BCUT2D eigenvalue weighted by Gasteiger charge is -1.88. The lowest BCUT2D eigenvalue weighted by atomic mass is 10.2. The van der Waals surface area contributed by atoms with Crippen molar-refractivity contribution in [2.75, 3.05) is 0 Å². The summed E-state index contributed by atoms with van der Waals surface area (Å²) >= 11 is 11.5. The normalized spacial score (nSPS) is 10.5. The molecule has 0 fully saturated rings. The van der Waals surface area contributed by atoms with E-state index in [1.807, 2.05) is 30.5 Å². The molecular weight excluding hydrogens is 321 g/mol. The summed E-state index contributed by atoms with van der Waals surface area (Å²) in [4.78, 5) is 13.6. The standard InChI is InChI=1S/C8H5ClN2O.C8H6ClN/c9-5-1-2-7-6(3-5)8(4-12)11-10-7;9-7-1-2-8-6(5-7)3-4-10-8/h1-4H,(H,10,11);1-5,10H. The maximum atomic E-state index is 10.5. The smallest absolute Gasteiger partial charge is 0.168 e. The number of aldehydes is 1. The average molecular weight is 332 g/mol. The van der Waals surface area contributed by atoms with E-state index in [4.69, 9.17) is 23.2 Å². The first-order valence-corrected chi connectivity index (χ1v) is 7.24. The molecule has 6 heteroatoms. The van der Waals surface area contributed by atoms with Gasteiger partial charge in [0.05, 0.1) is 5.52 Å². The van der Waals surface area contributed by atoms with E-state index in [1.165, 1.54) is 0 Å². The third-order valence-corrected chi connectivity index (χ3v) is 3.65. The fourth-order valence-electron chi connectivity index (χ4n) is 2.12. The number of halogens is 2. The number of benzene rings is 2. The maximum absolute atomic E-state index is 10.5. The molecule has 0 spiro atoms. The van der Waals surface area contributed by atoms with Crippen molar-refractivity contribution in [3.05, 3.63) is 64.4 Å². The molecule has 2 aromatic heterocycles. The van der Waals surface area contributed by atoms with Gasteiger partial charge in [-0.2, -0.15) is 5.10 Å². The number of aromatic amines is 2. The molecule has 0 aliphatic carbocycles. The minimum Gasteiger partial charge on any atom is -0.361 e. The Balaban J connectivity index is 0.000000133. The molecule has 2 aromatic carbocycles. The lowest BCUT2D eigenvalue weighted by molar-refractivity contribution is 0.112. The van der Waals surface area contributed by atoms with E-state index in [2.05, 4.69) is 15.2 Å². The molecule has 0 bridgehead atoms. The van der Waals surface area contributed by atoms with Crippen molar-refractivity contribution < 1.29 is 4.79 Å². The summed E-state index contributed by atoms with van der Waals surface area (Å²) in [6.45, 7) is 0. The second kappa shape index (κ2) is 6.22. The second-order valence-corrected chi connectivity index (χ2v) is 5.50. The van der Waals surface area contributed by atoms with Gasteiger partial charge in [0.25, 0.3) is 0 Å². The Hall–Kier alpha value is -2.30. The fraction of sp³-hybridized carbons (Fsp3) is 0. The first kappa shape index (κ1) is 14.6. The van der Waals surface area contributed by atoms with E-state index in [-0.39, 0.29) is 0 Å². The van der Waals surface area contributed by atoms with Crippen LogP contribution < -0.4 is 0 Å². The topological polar surface area (TPSA) is 61.5 Å². The molecule has 4 nitrogen and oxygen atoms in total.